The van der Waals surface area contributed by atoms with Crippen LogP contribution in [0.25, 0.3) is 21.9 Å². The van der Waals surface area contributed by atoms with Gasteiger partial charge in [0.15, 0.2) is 0 Å². The number of aromatic nitrogens is 3. The first-order chi connectivity index (χ1) is 8.36. The standard InChI is InChI=1S/C13H8BrN3/c14-13-12(7-16-8-17-13)11-6-15-5-9-3-1-2-4-10(9)11/h1-8H. The van der Waals surface area contributed by atoms with E-state index < -0.39 is 0 Å². The van der Waals surface area contributed by atoms with Crippen LogP contribution in [-0.2, 0) is 0 Å². The average molecular weight is 286 g/mol. The van der Waals surface area contributed by atoms with Crippen LogP contribution in [0.2, 0.25) is 0 Å². The molecule has 0 atom stereocenters. The lowest BCUT2D eigenvalue weighted by molar-refractivity contribution is 1.14. The fourth-order valence-corrected chi connectivity index (χ4v) is 2.23. The van der Waals surface area contributed by atoms with Crippen LogP contribution in [0, 0.1) is 0 Å². The van der Waals surface area contributed by atoms with Gasteiger partial charge < -0.3 is 0 Å². The highest BCUT2D eigenvalue weighted by atomic mass is 79.9. The monoisotopic (exact) mass is 285 g/mol. The third-order valence-corrected chi connectivity index (χ3v) is 3.25. The Morgan fingerprint density at radius 3 is 2.59 bits per heavy atom. The molecule has 2 aromatic heterocycles. The highest BCUT2D eigenvalue weighted by molar-refractivity contribution is 9.10. The Balaban J connectivity index is 2.35. The summed E-state index contributed by atoms with van der Waals surface area (Å²) in [5.74, 6) is 0. The molecule has 3 rings (SSSR count). The zero-order chi connectivity index (χ0) is 11.7. The Morgan fingerprint density at radius 1 is 0.882 bits per heavy atom. The number of halogens is 1. The maximum absolute atomic E-state index is 4.25. The molecule has 82 valence electrons. The second-order valence-corrected chi connectivity index (χ2v) is 4.39. The molecular formula is C13H8BrN3. The van der Waals surface area contributed by atoms with Gasteiger partial charge in [-0.25, -0.2) is 9.97 Å². The Kier molecular flexibility index (Phi) is 2.57. The molecule has 0 aliphatic rings. The first-order valence-electron chi connectivity index (χ1n) is 5.15. The van der Waals surface area contributed by atoms with Gasteiger partial charge in [0.25, 0.3) is 0 Å². The van der Waals surface area contributed by atoms with Crippen molar-refractivity contribution in [3.63, 3.8) is 0 Å². The normalized spacial score (nSPS) is 10.6. The first-order valence-corrected chi connectivity index (χ1v) is 5.94. The number of pyridine rings is 1. The van der Waals surface area contributed by atoms with E-state index in [9.17, 15) is 0 Å². The summed E-state index contributed by atoms with van der Waals surface area (Å²) in [4.78, 5) is 12.5. The van der Waals surface area contributed by atoms with Gasteiger partial charge in [0.2, 0.25) is 0 Å². The Morgan fingerprint density at radius 2 is 1.71 bits per heavy atom. The van der Waals surface area contributed by atoms with Gasteiger partial charge in [0.1, 0.15) is 10.9 Å². The minimum Gasteiger partial charge on any atom is -0.263 e. The van der Waals surface area contributed by atoms with E-state index in [1.165, 1.54) is 6.33 Å². The van der Waals surface area contributed by atoms with Crippen molar-refractivity contribution >= 4 is 26.7 Å². The van der Waals surface area contributed by atoms with Gasteiger partial charge in [0.05, 0.1) is 0 Å². The minimum absolute atomic E-state index is 0.783. The van der Waals surface area contributed by atoms with Crippen molar-refractivity contribution in [1.29, 1.82) is 0 Å². The molecule has 2 heterocycles. The van der Waals surface area contributed by atoms with Gasteiger partial charge >= 0.3 is 0 Å². The third-order valence-electron chi connectivity index (χ3n) is 2.62. The number of rotatable bonds is 1. The van der Waals surface area contributed by atoms with Gasteiger partial charge in [-0.2, -0.15) is 0 Å². The highest BCUT2D eigenvalue weighted by Gasteiger charge is 2.08. The van der Waals surface area contributed by atoms with Gasteiger partial charge in [-0.3, -0.25) is 4.98 Å². The molecule has 1 aromatic carbocycles. The van der Waals surface area contributed by atoms with Crippen LogP contribution in [0.5, 0.6) is 0 Å². The zero-order valence-electron chi connectivity index (χ0n) is 8.84. The maximum atomic E-state index is 4.25. The highest BCUT2D eigenvalue weighted by Crippen LogP contribution is 2.30. The number of fused-ring (bicyclic) bond motifs is 1. The quantitative estimate of drug-likeness (QED) is 0.643. The molecule has 0 aliphatic carbocycles. The van der Waals surface area contributed by atoms with Crippen LogP contribution < -0.4 is 0 Å². The number of hydrogen-bond donors (Lipinski definition) is 0. The van der Waals surface area contributed by atoms with Crippen molar-refractivity contribution in [3.8, 4) is 11.1 Å². The molecule has 0 fully saturated rings. The topological polar surface area (TPSA) is 38.7 Å². The molecule has 3 nitrogen and oxygen atoms in total. The van der Waals surface area contributed by atoms with Gasteiger partial charge in [-0.1, -0.05) is 24.3 Å². The SMILES string of the molecule is Brc1ncncc1-c1cncc2ccccc12. The van der Waals surface area contributed by atoms with E-state index in [1.54, 1.807) is 6.20 Å². The molecule has 0 N–H and O–H groups in total. The van der Waals surface area contributed by atoms with Gasteiger partial charge in [-0.05, 0) is 21.3 Å². The summed E-state index contributed by atoms with van der Waals surface area (Å²) in [6.45, 7) is 0. The van der Waals surface area contributed by atoms with E-state index in [0.29, 0.717) is 0 Å². The zero-order valence-corrected chi connectivity index (χ0v) is 10.4. The molecular weight excluding hydrogens is 278 g/mol. The molecule has 0 amide bonds. The Bertz CT molecular complexity index is 677. The van der Waals surface area contributed by atoms with E-state index in [-0.39, 0.29) is 0 Å². The molecule has 0 aliphatic heterocycles. The van der Waals surface area contributed by atoms with E-state index >= 15 is 0 Å². The van der Waals surface area contributed by atoms with E-state index in [4.69, 9.17) is 0 Å². The second-order valence-electron chi connectivity index (χ2n) is 3.64. The van der Waals surface area contributed by atoms with Crippen molar-refractivity contribution in [3.05, 3.63) is 53.8 Å². The molecule has 0 radical (unpaired) electrons. The fourth-order valence-electron chi connectivity index (χ4n) is 1.83. The largest absolute Gasteiger partial charge is 0.263 e. The average Bonchev–Trinajstić information content (AvgIpc) is 2.39. The molecule has 17 heavy (non-hydrogen) atoms. The van der Waals surface area contributed by atoms with Crippen LogP contribution in [0.4, 0.5) is 0 Å². The Hall–Kier alpha value is -1.81. The molecule has 4 heteroatoms. The smallest absolute Gasteiger partial charge is 0.117 e. The van der Waals surface area contributed by atoms with E-state index in [1.807, 2.05) is 30.6 Å². The summed E-state index contributed by atoms with van der Waals surface area (Å²) >= 11 is 3.44. The molecule has 0 bridgehead atoms. The van der Waals surface area contributed by atoms with Crippen molar-refractivity contribution in [2.24, 2.45) is 0 Å². The predicted octanol–water partition coefficient (Wildman–Crippen LogP) is 3.45. The number of nitrogens with zero attached hydrogens (tertiary/aromatic N) is 3. The number of hydrogen-bond acceptors (Lipinski definition) is 3. The summed E-state index contributed by atoms with van der Waals surface area (Å²) in [5, 5.41) is 2.26. The molecule has 0 saturated carbocycles. The Labute approximate surface area is 107 Å². The molecule has 3 aromatic rings. The summed E-state index contributed by atoms with van der Waals surface area (Å²) in [5.41, 5.74) is 1.99. The van der Waals surface area contributed by atoms with Crippen LogP contribution in [0.3, 0.4) is 0 Å². The predicted molar refractivity (Wildman–Crippen MR) is 70.5 cm³/mol. The summed E-state index contributed by atoms with van der Waals surface area (Å²) in [6, 6.07) is 8.14. The lowest BCUT2D eigenvalue weighted by atomic mass is 10.0. The molecule has 0 spiro atoms. The van der Waals surface area contributed by atoms with Crippen molar-refractivity contribution < 1.29 is 0 Å². The van der Waals surface area contributed by atoms with E-state index in [0.717, 1.165) is 26.5 Å². The summed E-state index contributed by atoms with van der Waals surface area (Å²) in [6.07, 6.45) is 7.01. The molecule has 0 unspecified atom stereocenters. The maximum Gasteiger partial charge on any atom is 0.117 e. The third kappa shape index (κ3) is 1.80. The van der Waals surface area contributed by atoms with Crippen LogP contribution in [-0.4, -0.2) is 15.0 Å². The van der Waals surface area contributed by atoms with E-state index in [2.05, 4.69) is 36.9 Å². The first kappa shape index (κ1) is 10.4. The summed E-state index contributed by atoms with van der Waals surface area (Å²) in [7, 11) is 0. The summed E-state index contributed by atoms with van der Waals surface area (Å²) < 4.78 is 0.783. The van der Waals surface area contributed by atoms with Gasteiger partial charge in [-0.15, -0.1) is 0 Å². The lowest BCUT2D eigenvalue weighted by Gasteiger charge is -2.06. The number of benzene rings is 1. The van der Waals surface area contributed by atoms with Crippen molar-refractivity contribution in [1.82, 2.24) is 15.0 Å². The van der Waals surface area contributed by atoms with Crippen molar-refractivity contribution in [2.45, 2.75) is 0 Å². The molecule has 0 saturated heterocycles. The minimum atomic E-state index is 0.783. The van der Waals surface area contributed by atoms with Crippen LogP contribution in [0.15, 0.2) is 53.8 Å². The fraction of sp³-hybridized carbons (Fsp3) is 0. The van der Waals surface area contributed by atoms with Crippen LogP contribution in [0.1, 0.15) is 0 Å². The lowest BCUT2D eigenvalue weighted by Crippen LogP contribution is -1.88. The van der Waals surface area contributed by atoms with Crippen molar-refractivity contribution in [2.75, 3.05) is 0 Å². The second kappa shape index (κ2) is 4.22. The van der Waals surface area contributed by atoms with Gasteiger partial charge in [0, 0.05) is 35.1 Å². The van der Waals surface area contributed by atoms with Crippen LogP contribution >= 0.6 is 15.9 Å².